The first-order valence-corrected chi connectivity index (χ1v) is 9.06. The predicted molar refractivity (Wildman–Crippen MR) is 104 cm³/mol. The lowest BCUT2D eigenvalue weighted by molar-refractivity contribution is 0.966. The number of H-pyrrole nitrogens is 2. The average molecular weight is 360 g/mol. The molecule has 8 heteroatoms. The number of anilines is 3. The topological polar surface area (TPSA) is 107 Å². The summed E-state index contributed by atoms with van der Waals surface area (Å²) in [6.07, 6.45) is 5.94. The molecule has 1 aromatic carbocycles. The molecule has 1 aliphatic rings. The molecule has 0 spiro atoms. The molecular formula is C19H20N8. The van der Waals surface area contributed by atoms with E-state index in [-0.39, 0.29) is 0 Å². The number of hydrogen-bond donors (Lipinski definition) is 4. The molecule has 1 fully saturated rings. The molecule has 0 bridgehead atoms. The van der Waals surface area contributed by atoms with Gasteiger partial charge in [-0.25, -0.2) is 9.97 Å². The molecule has 0 radical (unpaired) electrons. The summed E-state index contributed by atoms with van der Waals surface area (Å²) in [5.74, 6) is 2.70. The van der Waals surface area contributed by atoms with Crippen LogP contribution in [0.5, 0.6) is 0 Å². The molecule has 1 aliphatic carbocycles. The predicted octanol–water partition coefficient (Wildman–Crippen LogP) is 3.62. The minimum atomic E-state index is 0.567. The fraction of sp³-hybridized carbons (Fsp3) is 0.263. The number of aromatic nitrogens is 6. The molecule has 0 aliphatic heterocycles. The highest BCUT2D eigenvalue weighted by molar-refractivity contribution is 5.78. The molecule has 1 saturated carbocycles. The normalized spacial score (nSPS) is 13.8. The van der Waals surface area contributed by atoms with E-state index in [1.54, 1.807) is 12.5 Å². The fourth-order valence-electron chi connectivity index (χ4n) is 3.23. The van der Waals surface area contributed by atoms with Crippen molar-refractivity contribution in [3.63, 3.8) is 0 Å². The van der Waals surface area contributed by atoms with Gasteiger partial charge in [0.2, 0.25) is 5.95 Å². The number of fused-ring (bicyclic) bond motifs is 1. The second-order valence-corrected chi connectivity index (χ2v) is 6.94. The number of rotatable bonds is 6. The first kappa shape index (κ1) is 15.8. The highest BCUT2D eigenvalue weighted by atomic mass is 15.2. The van der Waals surface area contributed by atoms with Crippen LogP contribution in [0.25, 0.3) is 11.0 Å². The van der Waals surface area contributed by atoms with Crippen LogP contribution in [0.1, 0.15) is 35.6 Å². The molecule has 0 saturated heterocycles. The van der Waals surface area contributed by atoms with Crippen LogP contribution in [0.3, 0.4) is 0 Å². The van der Waals surface area contributed by atoms with E-state index in [1.807, 2.05) is 6.07 Å². The van der Waals surface area contributed by atoms with Gasteiger partial charge in [0.25, 0.3) is 0 Å². The second kappa shape index (κ2) is 6.39. The Balaban J connectivity index is 1.28. The number of aromatic amines is 2. The largest absolute Gasteiger partial charge is 0.350 e. The van der Waals surface area contributed by atoms with Gasteiger partial charge >= 0.3 is 0 Å². The zero-order valence-electron chi connectivity index (χ0n) is 15.0. The lowest BCUT2D eigenvalue weighted by Crippen LogP contribution is -2.05. The van der Waals surface area contributed by atoms with Crippen molar-refractivity contribution < 1.29 is 0 Å². The number of hydrogen-bond acceptors (Lipinski definition) is 6. The van der Waals surface area contributed by atoms with E-state index in [0.717, 1.165) is 22.4 Å². The quantitative estimate of drug-likeness (QED) is 0.418. The van der Waals surface area contributed by atoms with Crippen molar-refractivity contribution in [2.75, 3.05) is 10.6 Å². The van der Waals surface area contributed by atoms with Crippen LogP contribution in [-0.4, -0.2) is 30.1 Å². The van der Waals surface area contributed by atoms with Crippen molar-refractivity contribution in [3.05, 3.63) is 53.6 Å². The first-order chi connectivity index (χ1) is 13.2. The summed E-state index contributed by atoms with van der Waals surface area (Å²) in [7, 11) is 0. The van der Waals surface area contributed by atoms with Gasteiger partial charge in [-0.2, -0.15) is 10.1 Å². The molecule has 0 atom stereocenters. The highest BCUT2D eigenvalue weighted by Gasteiger charge is 2.25. The minimum Gasteiger partial charge on any atom is -0.350 e. The maximum Gasteiger partial charge on any atom is 0.224 e. The molecule has 0 unspecified atom stereocenters. The van der Waals surface area contributed by atoms with Crippen LogP contribution >= 0.6 is 0 Å². The Morgan fingerprint density at radius 2 is 2.07 bits per heavy atom. The molecule has 3 heterocycles. The third kappa shape index (κ3) is 3.33. The number of nitrogens with one attached hydrogen (secondary N) is 4. The summed E-state index contributed by atoms with van der Waals surface area (Å²) >= 11 is 0. The Hall–Kier alpha value is -3.42. The Labute approximate surface area is 155 Å². The van der Waals surface area contributed by atoms with Crippen LogP contribution in [0.2, 0.25) is 0 Å². The zero-order chi connectivity index (χ0) is 18.2. The Kier molecular flexibility index (Phi) is 3.74. The smallest absolute Gasteiger partial charge is 0.224 e. The summed E-state index contributed by atoms with van der Waals surface area (Å²) in [5.41, 5.74) is 5.53. The molecule has 4 N–H and O–H groups in total. The number of imidazole rings is 1. The number of nitrogens with zero attached hydrogens (tertiary/aromatic N) is 4. The number of aryl methyl sites for hydroxylation is 1. The van der Waals surface area contributed by atoms with Crippen molar-refractivity contribution in [3.8, 4) is 0 Å². The van der Waals surface area contributed by atoms with Crippen molar-refractivity contribution in [2.45, 2.75) is 32.2 Å². The van der Waals surface area contributed by atoms with Crippen LogP contribution in [-0.2, 0) is 6.54 Å². The molecule has 4 aromatic rings. The molecule has 3 aromatic heterocycles. The van der Waals surface area contributed by atoms with Gasteiger partial charge in [0, 0.05) is 30.4 Å². The summed E-state index contributed by atoms with van der Waals surface area (Å²) in [5, 5.41) is 13.9. The molecule has 8 nitrogen and oxygen atoms in total. The van der Waals surface area contributed by atoms with Crippen LogP contribution in [0.4, 0.5) is 17.6 Å². The zero-order valence-corrected chi connectivity index (χ0v) is 15.0. The monoisotopic (exact) mass is 360 g/mol. The van der Waals surface area contributed by atoms with Crippen LogP contribution in [0, 0.1) is 6.92 Å². The van der Waals surface area contributed by atoms with Crippen LogP contribution in [0.15, 0.2) is 36.8 Å². The lowest BCUT2D eigenvalue weighted by Gasteiger charge is -2.08. The molecule has 0 amide bonds. The Morgan fingerprint density at radius 3 is 2.96 bits per heavy atom. The van der Waals surface area contributed by atoms with E-state index in [9.17, 15) is 0 Å². The Morgan fingerprint density at radius 1 is 1.15 bits per heavy atom. The van der Waals surface area contributed by atoms with Crippen molar-refractivity contribution in [2.24, 2.45) is 0 Å². The molecule has 5 rings (SSSR count). The van der Waals surface area contributed by atoms with Gasteiger partial charge in [-0.05, 0) is 43.0 Å². The SMILES string of the molecule is Cc1cc(CNc2nccc(Nc3cc(C4CC4)[nH]n3)n2)cc2nc[nH]c12. The second-order valence-electron chi connectivity index (χ2n) is 6.94. The lowest BCUT2D eigenvalue weighted by atomic mass is 10.1. The van der Waals surface area contributed by atoms with E-state index in [0.29, 0.717) is 24.2 Å². The van der Waals surface area contributed by atoms with Crippen molar-refractivity contribution in [1.82, 2.24) is 30.1 Å². The summed E-state index contributed by atoms with van der Waals surface area (Å²) in [6, 6.07) is 8.08. The van der Waals surface area contributed by atoms with Gasteiger partial charge in [0.15, 0.2) is 5.82 Å². The van der Waals surface area contributed by atoms with E-state index in [4.69, 9.17) is 0 Å². The molecule has 136 valence electrons. The van der Waals surface area contributed by atoms with Gasteiger partial charge in [-0.3, -0.25) is 5.10 Å². The highest BCUT2D eigenvalue weighted by Crippen LogP contribution is 2.39. The summed E-state index contributed by atoms with van der Waals surface area (Å²) in [4.78, 5) is 16.3. The summed E-state index contributed by atoms with van der Waals surface area (Å²) in [6.45, 7) is 2.70. The third-order valence-corrected chi connectivity index (χ3v) is 4.76. The van der Waals surface area contributed by atoms with Gasteiger partial charge < -0.3 is 15.6 Å². The summed E-state index contributed by atoms with van der Waals surface area (Å²) < 4.78 is 0. The maximum atomic E-state index is 4.52. The first-order valence-electron chi connectivity index (χ1n) is 9.06. The minimum absolute atomic E-state index is 0.567. The molecule has 27 heavy (non-hydrogen) atoms. The molecular weight excluding hydrogens is 340 g/mol. The van der Waals surface area contributed by atoms with E-state index < -0.39 is 0 Å². The third-order valence-electron chi connectivity index (χ3n) is 4.76. The average Bonchev–Trinajstić information content (AvgIpc) is 3.22. The standard InChI is InChI=1S/C19H20N8/c1-11-6-12(7-15-18(11)23-10-22-15)9-21-19-20-5-4-16(25-19)24-17-8-14(26-27-17)13-2-3-13/h4-8,10,13H,2-3,9H2,1H3,(H,22,23)(H3,20,21,24,25,26,27). The van der Waals surface area contributed by atoms with E-state index in [1.165, 1.54) is 24.1 Å². The number of benzene rings is 1. The fourth-order valence-corrected chi connectivity index (χ4v) is 3.23. The Bertz CT molecular complexity index is 1090. The van der Waals surface area contributed by atoms with Crippen LogP contribution < -0.4 is 10.6 Å². The van der Waals surface area contributed by atoms with E-state index in [2.05, 4.69) is 65.9 Å². The van der Waals surface area contributed by atoms with Gasteiger partial charge in [0.1, 0.15) is 5.82 Å². The van der Waals surface area contributed by atoms with Crippen molar-refractivity contribution >= 4 is 28.6 Å². The van der Waals surface area contributed by atoms with Crippen molar-refractivity contribution in [1.29, 1.82) is 0 Å². The van der Waals surface area contributed by atoms with Gasteiger partial charge in [-0.1, -0.05) is 6.07 Å². The van der Waals surface area contributed by atoms with Gasteiger partial charge in [-0.15, -0.1) is 0 Å². The van der Waals surface area contributed by atoms with E-state index >= 15 is 0 Å². The van der Waals surface area contributed by atoms with Gasteiger partial charge in [0.05, 0.1) is 17.4 Å². The maximum absolute atomic E-state index is 4.52.